The smallest absolute Gasteiger partial charge is 0.230 e. The molecule has 8 nitrogen and oxygen atoms in total. The van der Waals surface area contributed by atoms with Gasteiger partial charge in [0.25, 0.3) is 0 Å². The number of nitrogens with one attached hydrogen (secondary N) is 1. The Morgan fingerprint density at radius 2 is 2.03 bits per heavy atom. The van der Waals surface area contributed by atoms with Crippen LogP contribution in [0, 0.1) is 6.92 Å². The highest BCUT2D eigenvalue weighted by molar-refractivity contribution is 7.99. The Labute approximate surface area is 189 Å². The lowest BCUT2D eigenvalue weighted by atomic mass is 10.2. The van der Waals surface area contributed by atoms with E-state index in [4.69, 9.17) is 11.6 Å². The minimum absolute atomic E-state index is 0.00646. The first-order chi connectivity index (χ1) is 14.8. The summed E-state index contributed by atoms with van der Waals surface area (Å²) in [5, 5.41) is 12.6. The fourth-order valence-corrected chi connectivity index (χ4v) is 6.01. The van der Waals surface area contributed by atoms with E-state index in [1.165, 1.54) is 11.8 Å². The summed E-state index contributed by atoms with van der Waals surface area (Å²) in [6.07, 6.45) is 3.80. The number of carbonyl (C=O) groups is 1. The van der Waals surface area contributed by atoms with Crippen LogP contribution < -0.4 is 5.32 Å². The molecular weight excluding hydrogens is 458 g/mol. The molecule has 1 atom stereocenters. The summed E-state index contributed by atoms with van der Waals surface area (Å²) in [5.41, 5.74) is 2.50. The molecule has 1 amide bonds. The van der Waals surface area contributed by atoms with Crippen molar-refractivity contribution in [2.24, 2.45) is 0 Å². The van der Waals surface area contributed by atoms with E-state index in [0.717, 1.165) is 16.8 Å². The number of carbonyl (C=O) groups excluding carboxylic acids is 1. The molecule has 1 aromatic carbocycles. The third-order valence-electron chi connectivity index (χ3n) is 4.98. The van der Waals surface area contributed by atoms with Crippen molar-refractivity contribution in [2.75, 3.05) is 17.3 Å². The van der Waals surface area contributed by atoms with Crippen molar-refractivity contribution >= 4 is 39.1 Å². The molecule has 162 valence electrons. The van der Waals surface area contributed by atoms with E-state index in [9.17, 15) is 13.2 Å². The van der Waals surface area contributed by atoms with Crippen LogP contribution in [-0.4, -0.2) is 57.4 Å². The molecule has 0 saturated carbocycles. The predicted octanol–water partition coefficient (Wildman–Crippen LogP) is 2.69. The average molecular weight is 478 g/mol. The van der Waals surface area contributed by atoms with Gasteiger partial charge in [-0.2, -0.15) is 0 Å². The minimum Gasteiger partial charge on any atom is -0.352 e. The zero-order chi connectivity index (χ0) is 22.0. The number of aromatic nitrogens is 4. The summed E-state index contributed by atoms with van der Waals surface area (Å²) in [6, 6.07) is 8.92. The number of hydrogen-bond acceptors (Lipinski definition) is 7. The molecule has 3 aromatic rings. The Morgan fingerprint density at radius 1 is 1.26 bits per heavy atom. The molecular formula is C20H20ClN5O3S2. The zero-order valence-electron chi connectivity index (χ0n) is 16.7. The van der Waals surface area contributed by atoms with E-state index in [0.29, 0.717) is 22.4 Å². The van der Waals surface area contributed by atoms with Gasteiger partial charge in [0.05, 0.1) is 22.9 Å². The summed E-state index contributed by atoms with van der Waals surface area (Å²) in [6.45, 7) is 1.91. The van der Waals surface area contributed by atoms with Crippen LogP contribution in [0.3, 0.4) is 0 Å². The lowest BCUT2D eigenvalue weighted by Crippen LogP contribution is -2.36. The summed E-state index contributed by atoms with van der Waals surface area (Å²) in [5.74, 6) is 0.563. The van der Waals surface area contributed by atoms with Crippen LogP contribution in [0.25, 0.3) is 17.1 Å². The van der Waals surface area contributed by atoms with Gasteiger partial charge in [0, 0.05) is 29.0 Å². The maximum absolute atomic E-state index is 12.4. The first-order valence-electron chi connectivity index (χ1n) is 9.58. The normalized spacial score (nSPS) is 17.5. The van der Waals surface area contributed by atoms with Crippen molar-refractivity contribution in [3.8, 4) is 17.1 Å². The number of hydrogen-bond donors (Lipinski definition) is 1. The second kappa shape index (κ2) is 8.97. The fourth-order valence-electron chi connectivity index (χ4n) is 3.42. The summed E-state index contributed by atoms with van der Waals surface area (Å²) in [7, 11) is -3.05. The third kappa shape index (κ3) is 4.91. The van der Waals surface area contributed by atoms with Crippen molar-refractivity contribution in [2.45, 2.75) is 24.5 Å². The van der Waals surface area contributed by atoms with Gasteiger partial charge in [-0.3, -0.25) is 14.3 Å². The van der Waals surface area contributed by atoms with E-state index >= 15 is 0 Å². The highest BCUT2D eigenvalue weighted by atomic mass is 35.5. The number of sulfone groups is 1. The SMILES string of the molecule is Cc1c(Cl)cccc1-n1c(SCC(=O)NC2CCS(=O)(=O)C2)nnc1-c1ccncc1. The van der Waals surface area contributed by atoms with Crippen LogP contribution >= 0.6 is 23.4 Å². The predicted molar refractivity (Wildman–Crippen MR) is 120 cm³/mol. The molecule has 1 saturated heterocycles. The number of amides is 1. The van der Waals surface area contributed by atoms with Gasteiger partial charge in [-0.1, -0.05) is 29.4 Å². The van der Waals surface area contributed by atoms with E-state index in [1.54, 1.807) is 12.4 Å². The molecule has 4 rings (SSSR count). The first-order valence-corrected chi connectivity index (χ1v) is 12.8. The van der Waals surface area contributed by atoms with Crippen LogP contribution in [0.2, 0.25) is 5.02 Å². The van der Waals surface area contributed by atoms with Gasteiger partial charge < -0.3 is 5.32 Å². The number of nitrogens with zero attached hydrogens (tertiary/aromatic N) is 4. The molecule has 1 aliphatic heterocycles. The topological polar surface area (TPSA) is 107 Å². The Morgan fingerprint density at radius 3 is 2.74 bits per heavy atom. The molecule has 1 unspecified atom stereocenters. The number of halogens is 1. The molecule has 0 bridgehead atoms. The minimum atomic E-state index is -3.05. The highest BCUT2D eigenvalue weighted by Crippen LogP contribution is 2.31. The van der Waals surface area contributed by atoms with Crippen LogP contribution in [0.1, 0.15) is 12.0 Å². The van der Waals surface area contributed by atoms with E-state index in [1.807, 2.05) is 41.8 Å². The van der Waals surface area contributed by atoms with E-state index < -0.39 is 9.84 Å². The van der Waals surface area contributed by atoms with Crippen molar-refractivity contribution < 1.29 is 13.2 Å². The fraction of sp³-hybridized carbons (Fsp3) is 0.300. The van der Waals surface area contributed by atoms with E-state index in [2.05, 4.69) is 20.5 Å². The third-order valence-corrected chi connectivity index (χ3v) is 8.09. The van der Waals surface area contributed by atoms with Crippen molar-refractivity contribution in [3.63, 3.8) is 0 Å². The quantitative estimate of drug-likeness (QED) is 0.544. The first kappa shape index (κ1) is 21.8. The van der Waals surface area contributed by atoms with Crippen molar-refractivity contribution in [1.29, 1.82) is 0 Å². The maximum atomic E-state index is 12.4. The Kier molecular flexibility index (Phi) is 6.31. The molecule has 31 heavy (non-hydrogen) atoms. The van der Waals surface area contributed by atoms with Gasteiger partial charge in [-0.05, 0) is 43.2 Å². The number of thioether (sulfide) groups is 1. The average Bonchev–Trinajstić information content (AvgIpc) is 3.31. The van der Waals surface area contributed by atoms with Gasteiger partial charge in [-0.15, -0.1) is 10.2 Å². The van der Waals surface area contributed by atoms with Crippen LogP contribution in [0.5, 0.6) is 0 Å². The van der Waals surface area contributed by atoms with Gasteiger partial charge >= 0.3 is 0 Å². The summed E-state index contributed by atoms with van der Waals surface area (Å²) < 4.78 is 25.1. The molecule has 1 fully saturated rings. The lowest BCUT2D eigenvalue weighted by Gasteiger charge is -2.14. The van der Waals surface area contributed by atoms with Crippen LogP contribution in [0.15, 0.2) is 47.9 Å². The van der Waals surface area contributed by atoms with Crippen molar-refractivity contribution in [3.05, 3.63) is 53.3 Å². The van der Waals surface area contributed by atoms with Crippen molar-refractivity contribution in [1.82, 2.24) is 25.1 Å². The number of benzene rings is 1. The molecule has 0 aliphatic carbocycles. The number of rotatable bonds is 6. The second-order valence-corrected chi connectivity index (χ2v) is 10.8. The van der Waals surface area contributed by atoms with Crippen LogP contribution in [0.4, 0.5) is 0 Å². The summed E-state index contributed by atoms with van der Waals surface area (Å²) >= 11 is 7.58. The Balaban J connectivity index is 1.60. The van der Waals surface area contributed by atoms with Gasteiger partial charge in [0.2, 0.25) is 5.91 Å². The maximum Gasteiger partial charge on any atom is 0.230 e. The largest absolute Gasteiger partial charge is 0.352 e. The van der Waals surface area contributed by atoms with Gasteiger partial charge in [-0.25, -0.2) is 8.42 Å². The van der Waals surface area contributed by atoms with Gasteiger partial charge in [0.15, 0.2) is 20.8 Å². The van der Waals surface area contributed by atoms with E-state index in [-0.39, 0.29) is 29.2 Å². The zero-order valence-corrected chi connectivity index (χ0v) is 19.0. The molecule has 0 spiro atoms. The Bertz CT molecular complexity index is 1210. The van der Waals surface area contributed by atoms with Gasteiger partial charge in [0.1, 0.15) is 0 Å². The lowest BCUT2D eigenvalue weighted by molar-refractivity contribution is -0.119. The molecule has 11 heteroatoms. The molecule has 3 heterocycles. The standard InChI is InChI=1S/C20H20ClN5O3S2/c1-13-16(21)3-2-4-17(13)26-19(14-5-8-22-9-6-14)24-25-20(26)30-11-18(27)23-15-7-10-31(28,29)12-15/h2-6,8-9,15H,7,10-12H2,1H3,(H,23,27). The molecule has 1 aliphatic rings. The monoisotopic (exact) mass is 477 g/mol. The summed E-state index contributed by atoms with van der Waals surface area (Å²) in [4.78, 5) is 16.5. The molecule has 0 radical (unpaired) electrons. The van der Waals surface area contributed by atoms with Crippen LogP contribution in [-0.2, 0) is 14.6 Å². The molecule has 2 aromatic heterocycles. The highest BCUT2D eigenvalue weighted by Gasteiger charge is 2.29. The molecule has 1 N–H and O–H groups in total. The second-order valence-electron chi connectivity index (χ2n) is 7.22. The number of pyridine rings is 1. The Hall–Kier alpha value is -2.43.